The second-order valence-corrected chi connectivity index (χ2v) is 12.4. The lowest BCUT2D eigenvalue weighted by atomic mass is 9.77. The van der Waals surface area contributed by atoms with Gasteiger partial charge in [0.25, 0.3) is 0 Å². The topological polar surface area (TPSA) is 72.2 Å². The number of anilines is 1. The lowest BCUT2D eigenvalue weighted by molar-refractivity contribution is -0.123. The maximum atomic E-state index is 13.0. The monoisotopic (exact) mass is 558 g/mol. The summed E-state index contributed by atoms with van der Waals surface area (Å²) in [5.41, 5.74) is 11.6. The SMILES string of the molecule is CCCC=C(c1cc(NC(=S)c2cccc(C(N)=O)c2)ccc1C)C1CCCCC(CC(=O)C2CCCC2)CC1. The number of benzene rings is 2. The lowest BCUT2D eigenvalue weighted by Gasteiger charge is -2.28. The third-order valence-corrected chi connectivity index (χ3v) is 9.28. The number of ketones is 1. The third-order valence-electron chi connectivity index (χ3n) is 8.95. The standard InChI is InChI=1S/C35H46N2O2S/c1-3-4-16-31(26-11-6-5-10-25(18-19-26)21-33(38)27-12-7-8-13-27)32-23-30(20-17-24(32)2)37-35(40)29-15-9-14-28(22-29)34(36)39/h9,14-17,20,22-23,25-27H,3-8,10-13,18-19,21H2,1-2H3,(H2,36,39)(H,37,40). The Morgan fingerprint density at radius 2 is 1.62 bits per heavy atom. The zero-order chi connectivity index (χ0) is 28.5. The molecule has 5 heteroatoms. The summed E-state index contributed by atoms with van der Waals surface area (Å²) in [6.07, 6.45) is 17.2. The maximum absolute atomic E-state index is 13.0. The molecule has 40 heavy (non-hydrogen) atoms. The van der Waals surface area contributed by atoms with Gasteiger partial charge in [0.2, 0.25) is 5.91 Å². The minimum absolute atomic E-state index is 0.337. The van der Waals surface area contributed by atoms with Gasteiger partial charge in [0.05, 0.1) is 0 Å². The van der Waals surface area contributed by atoms with Crippen LogP contribution in [0.1, 0.15) is 117 Å². The first-order valence-electron chi connectivity index (χ1n) is 15.4. The van der Waals surface area contributed by atoms with Gasteiger partial charge >= 0.3 is 0 Å². The first kappa shape index (κ1) is 30.2. The summed E-state index contributed by atoms with van der Waals surface area (Å²) < 4.78 is 0. The molecule has 2 aliphatic carbocycles. The maximum Gasteiger partial charge on any atom is 0.248 e. The highest BCUT2D eigenvalue weighted by molar-refractivity contribution is 7.81. The first-order chi connectivity index (χ1) is 19.4. The average molecular weight is 559 g/mol. The number of carbonyl (C=O) groups excluding carboxylic acids is 2. The fraction of sp³-hybridized carbons (Fsp3) is 0.514. The number of primary amides is 1. The van der Waals surface area contributed by atoms with Gasteiger partial charge in [0.1, 0.15) is 10.8 Å². The fourth-order valence-electron chi connectivity index (χ4n) is 6.59. The molecule has 2 aliphatic rings. The van der Waals surface area contributed by atoms with Gasteiger partial charge in [-0.3, -0.25) is 9.59 Å². The van der Waals surface area contributed by atoms with E-state index in [1.54, 1.807) is 18.2 Å². The molecule has 3 N–H and O–H groups in total. The molecule has 0 aromatic heterocycles. The van der Waals surface area contributed by atoms with Crippen LogP contribution in [0.2, 0.25) is 0 Å². The Balaban J connectivity index is 1.51. The van der Waals surface area contributed by atoms with Crippen molar-refractivity contribution in [2.45, 2.75) is 97.3 Å². The van der Waals surface area contributed by atoms with Crippen LogP contribution in [-0.4, -0.2) is 16.7 Å². The van der Waals surface area contributed by atoms with E-state index in [2.05, 4.69) is 43.4 Å². The molecule has 1 amide bonds. The molecule has 0 bridgehead atoms. The van der Waals surface area contributed by atoms with Gasteiger partial charge in [-0.2, -0.15) is 0 Å². The minimum atomic E-state index is -0.461. The van der Waals surface area contributed by atoms with Gasteiger partial charge in [-0.15, -0.1) is 0 Å². The highest BCUT2D eigenvalue weighted by atomic mass is 32.1. The number of allylic oxidation sites excluding steroid dienone is 2. The number of amides is 1. The normalized spacial score (nSPS) is 20.5. The second kappa shape index (κ2) is 14.7. The largest absolute Gasteiger partial charge is 0.366 e. The highest BCUT2D eigenvalue weighted by Crippen LogP contribution is 2.39. The summed E-state index contributed by atoms with van der Waals surface area (Å²) in [6.45, 7) is 4.43. The number of rotatable bonds is 10. The van der Waals surface area contributed by atoms with Crippen molar-refractivity contribution in [3.05, 3.63) is 70.8 Å². The van der Waals surface area contributed by atoms with Gasteiger partial charge in [-0.05, 0) is 98.2 Å². The molecular formula is C35H46N2O2S. The van der Waals surface area contributed by atoms with E-state index in [0.29, 0.717) is 34.1 Å². The molecule has 0 radical (unpaired) electrons. The molecule has 2 unspecified atom stereocenters. The third kappa shape index (κ3) is 8.13. The molecule has 4 nitrogen and oxygen atoms in total. The summed E-state index contributed by atoms with van der Waals surface area (Å²) in [7, 11) is 0. The number of thiocarbonyl (C=S) groups is 1. The summed E-state index contributed by atoms with van der Waals surface area (Å²) in [6, 6.07) is 13.6. The van der Waals surface area contributed by atoms with Crippen LogP contribution >= 0.6 is 12.2 Å². The van der Waals surface area contributed by atoms with E-state index in [1.807, 2.05) is 6.07 Å². The molecule has 0 saturated heterocycles. The summed E-state index contributed by atoms with van der Waals surface area (Å²) >= 11 is 5.70. The Bertz CT molecular complexity index is 1230. The van der Waals surface area contributed by atoms with Crippen molar-refractivity contribution in [3.63, 3.8) is 0 Å². The molecule has 2 atom stereocenters. The van der Waals surface area contributed by atoms with Crippen molar-refractivity contribution >= 4 is 40.2 Å². The molecule has 214 valence electrons. The quantitative estimate of drug-likeness (QED) is 0.286. The van der Waals surface area contributed by atoms with E-state index in [9.17, 15) is 9.59 Å². The van der Waals surface area contributed by atoms with E-state index in [1.165, 1.54) is 55.2 Å². The fourth-order valence-corrected chi connectivity index (χ4v) is 6.83. The molecule has 0 spiro atoms. The molecule has 2 aromatic rings. The van der Waals surface area contributed by atoms with Gasteiger partial charge in [-0.1, -0.05) is 81.9 Å². The smallest absolute Gasteiger partial charge is 0.248 e. The van der Waals surface area contributed by atoms with Crippen LogP contribution in [0, 0.1) is 24.7 Å². The van der Waals surface area contributed by atoms with Crippen molar-refractivity contribution in [1.29, 1.82) is 0 Å². The van der Waals surface area contributed by atoms with Crippen molar-refractivity contribution in [2.75, 3.05) is 5.32 Å². The van der Waals surface area contributed by atoms with E-state index >= 15 is 0 Å². The highest BCUT2D eigenvalue weighted by Gasteiger charge is 2.27. The number of hydrogen-bond donors (Lipinski definition) is 2. The Morgan fingerprint density at radius 3 is 2.35 bits per heavy atom. The summed E-state index contributed by atoms with van der Waals surface area (Å²) in [4.78, 5) is 25.2. The number of nitrogens with two attached hydrogens (primary N) is 1. The van der Waals surface area contributed by atoms with E-state index in [4.69, 9.17) is 18.0 Å². The van der Waals surface area contributed by atoms with Crippen LogP contribution in [0.25, 0.3) is 5.57 Å². The van der Waals surface area contributed by atoms with Gasteiger partial charge in [0.15, 0.2) is 0 Å². The van der Waals surface area contributed by atoms with Crippen molar-refractivity contribution in [1.82, 2.24) is 0 Å². The van der Waals surface area contributed by atoms with E-state index < -0.39 is 5.91 Å². The van der Waals surface area contributed by atoms with Crippen molar-refractivity contribution in [2.24, 2.45) is 23.5 Å². The Morgan fingerprint density at radius 1 is 0.925 bits per heavy atom. The first-order valence-corrected chi connectivity index (χ1v) is 15.8. The Labute approximate surface area is 246 Å². The molecule has 4 rings (SSSR count). The number of nitrogens with one attached hydrogen (secondary N) is 1. The van der Waals surface area contributed by atoms with Crippen LogP contribution in [0.5, 0.6) is 0 Å². The predicted octanol–water partition coefficient (Wildman–Crippen LogP) is 8.80. The predicted molar refractivity (Wildman–Crippen MR) is 171 cm³/mol. The number of carbonyl (C=O) groups is 2. The van der Waals surface area contributed by atoms with Crippen molar-refractivity contribution < 1.29 is 9.59 Å². The van der Waals surface area contributed by atoms with Gasteiger partial charge in [0, 0.05) is 29.2 Å². The Kier molecular flexibility index (Phi) is 11.1. The molecular weight excluding hydrogens is 512 g/mol. The number of aryl methyl sites for hydroxylation is 1. The number of Topliss-reactive ketones (excluding diaryl/α,β-unsaturated/α-hetero) is 1. The number of hydrogen-bond acceptors (Lipinski definition) is 3. The van der Waals surface area contributed by atoms with Crippen LogP contribution in [0.15, 0.2) is 48.5 Å². The summed E-state index contributed by atoms with van der Waals surface area (Å²) in [5, 5.41) is 3.40. The minimum Gasteiger partial charge on any atom is -0.366 e. The van der Waals surface area contributed by atoms with Gasteiger partial charge < -0.3 is 11.1 Å². The van der Waals surface area contributed by atoms with Crippen LogP contribution in [0.3, 0.4) is 0 Å². The molecule has 2 aromatic carbocycles. The lowest BCUT2D eigenvalue weighted by Crippen LogP contribution is -2.19. The summed E-state index contributed by atoms with van der Waals surface area (Å²) in [5.74, 6) is 1.45. The zero-order valence-corrected chi connectivity index (χ0v) is 25.2. The average Bonchev–Trinajstić information content (AvgIpc) is 3.48. The molecule has 2 saturated carbocycles. The molecule has 2 fully saturated rings. The molecule has 0 heterocycles. The van der Waals surface area contributed by atoms with Crippen molar-refractivity contribution in [3.8, 4) is 0 Å². The zero-order valence-electron chi connectivity index (χ0n) is 24.3. The van der Waals surface area contributed by atoms with Crippen LogP contribution in [-0.2, 0) is 4.79 Å². The second-order valence-electron chi connectivity index (χ2n) is 12.0. The molecule has 0 aliphatic heterocycles. The number of unbranched alkanes of at least 4 members (excludes halogenated alkanes) is 1. The van der Waals surface area contributed by atoms with E-state index in [-0.39, 0.29) is 0 Å². The van der Waals surface area contributed by atoms with Gasteiger partial charge in [-0.25, -0.2) is 0 Å². The van der Waals surface area contributed by atoms with Crippen LogP contribution < -0.4 is 11.1 Å². The van der Waals surface area contributed by atoms with Crippen LogP contribution in [0.4, 0.5) is 5.69 Å². The van der Waals surface area contributed by atoms with E-state index in [0.717, 1.165) is 56.2 Å². The Hall–Kier alpha value is -2.79.